The Kier molecular flexibility index (Phi) is 3.58. The van der Waals surface area contributed by atoms with Crippen molar-refractivity contribution in [2.75, 3.05) is 7.11 Å². The smallest absolute Gasteiger partial charge is 0.314 e. The first-order valence-electron chi connectivity index (χ1n) is 6.29. The zero-order chi connectivity index (χ0) is 15.0. The molecule has 0 heterocycles. The predicted molar refractivity (Wildman–Crippen MR) is 67.4 cm³/mol. The highest BCUT2D eigenvalue weighted by atomic mass is 19.3. The maximum atomic E-state index is 13.3. The van der Waals surface area contributed by atoms with Gasteiger partial charge in [-0.25, -0.2) is 8.78 Å². The van der Waals surface area contributed by atoms with E-state index < -0.39 is 30.1 Å². The molecule has 20 heavy (non-hydrogen) atoms. The van der Waals surface area contributed by atoms with E-state index in [-0.39, 0.29) is 24.3 Å². The third kappa shape index (κ3) is 2.42. The topological polar surface area (TPSA) is 66.8 Å². The highest BCUT2D eigenvalue weighted by molar-refractivity contribution is 5.82. The van der Waals surface area contributed by atoms with Crippen LogP contribution in [0.5, 0.6) is 11.5 Å². The molecule has 110 valence electrons. The number of aromatic hydroxyl groups is 1. The molecule has 0 saturated heterocycles. The van der Waals surface area contributed by atoms with E-state index >= 15 is 0 Å². The van der Waals surface area contributed by atoms with Crippen molar-refractivity contribution in [1.29, 1.82) is 0 Å². The van der Waals surface area contributed by atoms with Gasteiger partial charge >= 0.3 is 5.97 Å². The number of benzene rings is 1. The third-order valence-corrected chi connectivity index (χ3v) is 3.98. The van der Waals surface area contributed by atoms with E-state index in [9.17, 15) is 23.8 Å². The summed E-state index contributed by atoms with van der Waals surface area (Å²) in [5, 5.41) is 19.0. The molecule has 0 radical (unpaired) electrons. The summed E-state index contributed by atoms with van der Waals surface area (Å²) in [6.07, 6.45) is -1.18. The summed E-state index contributed by atoms with van der Waals surface area (Å²) in [5.74, 6) is -3.90. The molecule has 6 heteroatoms. The van der Waals surface area contributed by atoms with E-state index in [1.54, 1.807) is 0 Å². The maximum Gasteiger partial charge on any atom is 0.314 e. The van der Waals surface area contributed by atoms with Crippen molar-refractivity contribution in [3.8, 4) is 11.5 Å². The first-order valence-corrected chi connectivity index (χ1v) is 6.29. The molecule has 0 atom stereocenters. The molecule has 1 aromatic rings. The molecular weight excluding hydrogens is 270 g/mol. The van der Waals surface area contributed by atoms with Crippen LogP contribution in [0.3, 0.4) is 0 Å². The van der Waals surface area contributed by atoms with Gasteiger partial charge in [-0.05, 0) is 30.5 Å². The average Bonchev–Trinajstić information content (AvgIpc) is 2.39. The van der Waals surface area contributed by atoms with E-state index in [0.717, 1.165) is 0 Å². The third-order valence-electron chi connectivity index (χ3n) is 3.98. The van der Waals surface area contributed by atoms with Crippen LogP contribution in [0.4, 0.5) is 8.78 Å². The highest BCUT2D eigenvalue weighted by Gasteiger charge is 2.49. The number of alkyl halides is 2. The quantitative estimate of drug-likeness (QED) is 0.896. The summed E-state index contributed by atoms with van der Waals surface area (Å²) in [7, 11) is 1.35. The first-order chi connectivity index (χ1) is 9.31. The Morgan fingerprint density at radius 1 is 1.25 bits per heavy atom. The minimum atomic E-state index is -2.81. The van der Waals surface area contributed by atoms with Gasteiger partial charge < -0.3 is 14.9 Å². The van der Waals surface area contributed by atoms with Gasteiger partial charge in [0.1, 0.15) is 0 Å². The molecule has 0 spiro atoms. The number of phenolic OH excluding ortho intramolecular Hbond substituents is 1. The van der Waals surface area contributed by atoms with Gasteiger partial charge in [0.25, 0.3) is 0 Å². The van der Waals surface area contributed by atoms with E-state index in [1.807, 2.05) is 0 Å². The van der Waals surface area contributed by atoms with Crippen molar-refractivity contribution < 1.29 is 28.5 Å². The molecule has 1 aliphatic rings. The number of carboxylic acids is 1. The molecule has 4 nitrogen and oxygen atoms in total. The second-order valence-electron chi connectivity index (χ2n) is 5.13. The average molecular weight is 286 g/mol. The Labute approximate surface area is 115 Å². The second-order valence-corrected chi connectivity index (χ2v) is 5.13. The van der Waals surface area contributed by atoms with Crippen LogP contribution in [0, 0.1) is 0 Å². The van der Waals surface area contributed by atoms with E-state index in [0.29, 0.717) is 5.56 Å². The van der Waals surface area contributed by atoms with Gasteiger partial charge in [-0.15, -0.1) is 0 Å². The summed E-state index contributed by atoms with van der Waals surface area (Å²) in [4.78, 5) is 11.6. The van der Waals surface area contributed by atoms with Crippen LogP contribution in [0.25, 0.3) is 0 Å². The van der Waals surface area contributed by atoms with Crippen LogP contribution >= 0.6 is 0 Å². The summed E-state index contributed by atoms with van der Waals surface area (Å²) in [6.45, 7) is 0. The van der Waals surface area contributed by atoms with Crippen molar-refractivity contribution >= 4 is 5.97 Å². The van der Waals surface area contributed by atoms with Crippen LogP contribution in [0.1, 0.15) is 31.2 Å². The van der Waals surface area contributed by atoms with Gasteiger partial charge in [0, 0.05) is 12.8 Å². The number of rotatable bonds is 3. The minimum Gasteiger partial charge on any atom is -0.504 e. The Hall–Kier alpha value is -1.85. The molecule has 0 aliphatic heterocycles. The number of halogens is 2. The fourth-order valence-electron chi connectivity index (χ4n) is 2.64. The molecule has 1 saturated carbocycles. The summed E-state index contributed by atoms with van der Waals surface area (Å²) < 4.78 is 31.5. The predicted octanol–water partition coefficient (Wildman–Crippen LogP) is 2.93. The summed E-state index contributed by atoms with van der Waals surface area (Å²) in [6, 6.07) is 4.19. The lowest BCUT2D eigenvalue weighted by Crippen LogP contribution is -2.42. The van der Waals surface area contributed by atoms with Crippen LogP contribution in [-0.4, -0.2) is 29.2 Å². The summed E-state index contributed by atoms with van der Waals surface area (Å²) >= 11 is 0. The Bertz CT molecular complexity index is 518. The van der Waals surface area contributed by atoms with Gasteiger partial charge in [-0.1, -0.05) is 6.07 Å². The zero-order valence-corrected chi connectivity index (χ0v) is 11.0. The normalized spacial score (nSPS) is 20.4. The molecule has 1 fully saturated rings. The molecule has 0 aromatic heterocycles. The number of hydrogen-bond acceptors (Lipinski definition) is 3. The number of methoxy groups -OCH3 is 1. The lowest BCUT2D eigenvalue weighted by atomic mass is 9.68. The van der Waals surface area contributed by atoms with Crippen LogP contribution in [0.2, 0.25) is 0 Å². The van der Waals surface area contributed by atoms with E-state index in [2.05, 4.69) is 0 Å². The zero-order valence-electron chi connectivity index (χ0n) is 11.0. The minimum absolute atomic E-state index is 0.113. The molecule has 0 amide bonds. The Morgan fingerprint density at radius 3 is 2.35 bits per heavy atom. The molecule has 0 unspecified atom stereocenters. The number of hydrogen-bond donors (Lipinski definition) is 2. The van der Waals surface area contributed by atoms with Crippen LogP contribution < -0.4 is 4.74 Å². The van der Waals surface area contributed by atoms with Gasteiger partial charge in [0.05, 0.1) is 12.5 Å². The van der Waals surface area contributed by atoms with Crippen molar-refractivity contribution in [3.05, 3.63) is 23.8 Å². The molecule has 1 aliphatic carbocycles. The van der Waals surface area contributed by atoms with Crippen molar-refractivity contribution in [2.45, 2.75) is 37.0 Å². The molecular formula is C14H16F2O4. The lowest BCUT2D eigenvalue weighted by molar-refractivity contribution is -0.149. The Morgan fingerprint density at radius 2 is 1.85 bits per heavy atom. The van der Waals surface area contributed by atoms with Crippen molar-refractivity contribution in [2.24, 2.45) is 0 Å². The number of carboxylic acid groups (broad SMARTS) is 1. The molecule has 2 rings (SSSR count). The number of phenols is 1. The maximum absolute atomic E-state index is 13.3. The van der Waals surface area contributed by atoms with Crippen molar-refractivity contribution in [1.82, 2.24) is 0 Å². The SMILES string of the molecule is COc1cc(C2(C(=O)O)CCC(F)(F)CC2)ccc1O. The number of carbonyl (C=O) groups is 1. The Balaban J connectivity index is 2.42. The van der Waals surface area contributed by atoms with Gasteiger partial charge in [0.2, 0.25) is 5.92 Å². The van der Waals surface area contributed by atoms with Crippen LogP contribution in [-0.2, 0) is 10.2 Å². The van der Waals surface area contributed by atoms with Crippen LogP contribution in [0.15, 0.2) is 18.2 Å². The van der Waals surface area contributed by atoms with Crippen molar-refractivity contribution in [3.63, 3.8) is 0 Å². The van der Waals surface area contributed by atoms with E-state index in [1.165, 1.54) is 25.3 Å². The molecule has 2 N–H and O–H groups in total. The van der Waals surface area contributed by atoms with Gasteiger partial charge in [0.15, 0.2) is 11.5 Å². The van der Waals surface area contributed by atoms with Gasteiger partial charge in [-0.3, -0.25) is 4.79 Å². The first kappa shape index (κ1) is 14.6. The fraction of sp³-hybridized carbons (Fsp3) is 0.500. The lowest BCUT2D eigenvalue weighted by Gasteiger charge is -2.37. The monoisotopic (exact) mass is 286 g/mol. The largest absolute Gasteiger partial charge is 0.504 e. The van der Waals surface area contributed by atoms with Gasteiger partial charge in [-0.2, -0.15) is 0 Å². The second kappa shape index (κ2) is 4.92. The molecule has 1 aromatic carbocycles. The van der Waals surface area contributed by atoms with E-state index in [4.69, 9.17) is 4.74 Å². The number of aliphatic carboxylic acids is 1. The molecule has 0 bridgehead atoms. The fourth-order valence-corrected chi connectivity index (χ4v) is 2.64. The number of ether oxygens (including phenoxy) is 1. The summed E-state index contributed by atoms with van der Waals surface area (Å²) in [5.41, 5.74) is -0.960. The standard InChI is InChI=1S/C14H16F2O4/c1-20-11-8-9(2-3-10(11)17)13(12(18)19)4-6-14(15,16)7-5-13/h2-3,8,17H,4-7H2,1H3,(H,18,19). The highest BCUT2D eigenvalue weighted by Crippen LogP contribution is 2.47.